The smallest absolute Gasteiger partial charge is 0.220 e. The predicted molar refractivity (Wildman–Crippen MR) is 123 cm³/mol. The summed E-state index contributed by atoms with van der Waals surface area (Å²) in [5.74, 6) is 2.01. The molecule has 0 unspecified atom stereocenters. The molecule has 164 valence electrons. The Morgan fingerprint density at radius 3 is 2.62 bits per heavy atom. The Bertz CT molecular complexity index is 1210. The van der Waals surface area contributed by atoms with Gasteiger partial charge in [0.15, 0.2) is 11.5 Å². The van der Waals surface area contributed by atoms with Crippen molar-refractivity contribution in [2.24, 2.45) is 0 Å². The van der Waals surface area contributed by atoms with Gasteiger partial charge >= 0.3 is 0 Å². The van der Waals surface area contributed by atoms with Crippen LogP contribution >= 0.6 is 11.6 Å². The summed E-state index contributed by atoms with van der Waals surface area (Å²) in [6, 6.07) is 18.9. The maximum Gasteiger partial charge on any atom is 0.220 e. The summed E-state index contributed by atoms with van der Waals surface area (Å²) in [7, 11) is 1.62. The number of nitrogens with zero attached hydrogens (tertiary/aromatic N) is 4. The van der Waals surface area contributed by atoms with Gasteiger partial charge in [-0.3, -0.25) is 4.79 Å². The molecule has 0 spiro atoms. The summed E-state index contributed by atoms with van der Waals surface area (Å²) in [4.78, 5) is 12.3. The molecule has 2 aromatic carbocycles. The molecule has 0 aliphatic heterocycles. The van der Waals surface area contributed by atoms with E-state index in [9.17, 15) is 4.79 Å². The Morgan fingerprint density at radius 1 is 1.03 bits per heavy atom. The third kappa shape index (κ3) is 5.33. The third-order valence-corrected chi connectivity index (χ3v) is 5.34. The molecule has 0 bridgehead atoms. The van der Waals surface area contributed by atoms with Gasteiger partial charge in [-0.25, -0.2) is 0 Å². The summed E-state index contributed by atoms with van der Waals surface area (Å²) in [5.41, 5.74) is 2.61. The molecular weight excluding hydrogens is 428 g/mol. The number of anilines is 1. The molecule has 2 N–H and O–H groups in total. The first-order valence-electron chi connectivity index (χ1n) is 10.2. The van der Waals surface area contributed by atoms with E-state index in [1.54, 1.807) is 11.6 Å². The molecule has 9 heteroatoms. The lowest BCUT2D eigenvalue weighted by atomic mass is 10.2. The van der Waals surface area contributed by atoms with Gasteiger partial charge in [0.25, 0.3) is 0 Å². The van der Waals surface area contributed by atoms with Gasteiger partial charge in [-0.1, -0.05) is 41.9 Å². The van der Waals surface area contributed by atoms with E-state index in [0.717, 1.165) is 16.9 Å². The average Bonchev–Trinajstić information content (AvgIpc) is 3.23. The lowest BCUT2D eigenvalue weighted by Crippen LogP contribution is -2.23. The van der Waals surface area contributed by atoms with Crippen LogP contribution in [0.1, 0.15) is 23.4 Å². The van der Waals surface area contributed by atoms with Gasteiger partial charge in [-0.2, -0.15) is 4.52 Å². The Hall–Kier alpha value is -3.65. The van der Waals surface area contributed by atoms with E-state index in [-0.39, 0.29) is 12.3 Å². The highest BCUT2D eigenvalue weighted by atomic mass is 35.5. The van der Waals surface area contributed by atoms with Crippen molar-refractivity contribution in [3.05, 3.63) is 82.6 Å². The molecule has 0 atom stereocenters. The van der Waals surface area contributed by atoms with Crippen molar-refractivity contribution in [1.82, 2.24) is 25.1 Å². The summed E-state index contributed by atoms with van der Waals surface area (Å²) in [6.45, 7) is 1.00. The number of nitrogens with one attached hydrogen (secondary N) is 2. The molecule has 1 amide bonds. The quantitative estimate of drug-likeness (QED) is 0.404. The number of halogens is 1. The first-order valence-corrected chi connectivity index (χ1v) is 10.6. The highest BCUT2D eigenvalue weighted by Gasteiger charge is 2.11. The summed E-state index contributed by atoms with van der Waals surface area (Å²) in [5, 5.41) is 19.8. The minimum Gasteiger partial charge on any atom is -0.497 e. The number of fused-ring (bicyclic) bond motifs is 1. The first-order chi connectivity index (χ1) is 15.6. The predicted octanol–water partition coefficient (Wildman–Crippen LogP) is 3.65. The van der Waals surface area contributed by atoms with Gasteiger partial charge in [-0.15, -0.1) is 15.3 Å². The normalized spacial score (nSPS) is 10.8. The number of hydrogen-bond acceptors (Lipinski definition) is 6. The van der Waals surface area contributed by atoms with E-state index in [2.05, 4.69) is 25.9 Å². The van der Waals surface area contributed by atoms with Crippen molar-refractivity contribution in [2.75, 3.05) is 12.4 Å². The lowest BCUT2D eigenvalue weighted by Gasteiger charge is -2.08. The van der Waals surface area contributed by atoms with Crippen molar-refractivity contribution in [2.45, 2.75) is 25.9 Å². The van der Waals surface area contributed by atoms with Gasteiger partial charge in [0.05, 0.1) is 7.11 Å². The van der Waals surface area contributed by atoms with Crippen LogP contribution in [0.3, 0.4) is 0 Å². The van der Waals surface area contributed by atoms with Gasteiger partial charge in [0.1, 0.15) is 11.6 Å². The maximum absolute atomic E-state index is 12.3. The van der Waals surface area contributed by atoms with Crippen LogP contribution in [0.15, 0.2) is 60.7 Å². The number of ether oxygens (including phenoxy) is 1. The second kappa shape index (κ2) is 10.1. The molecule has 2 aromatic heterocycles. The molecular formula is C23H23ClN6O2. The number of hydrogen-bond donors (Lipinski definition) is 2. The third-order valence-electron chi connectivity index (χ3n) is 4.97. The molecule has 0 aliphatic carbocycles. The zero-order valence-corrected chi connectivity index (χ0v) is 18.3. The standard InChI is InChI=1S/C23H23ClN6O2/c1-32-18-8-6-16(7-9-18)14-26-23(31)13-12-22-28-27-21-11-10-20(29-30(21)22)25-15-17-4-2-3-5-19(17)24/h2-11H,12-15H2,1H3,(H,25,29)(H,26,31). The van der Waals surface area contributed by atoms with E-state index in [4.69, 9.17) is 16.3 Å². The van der Waals surface area contributed by atoms with E-state index in [0.29, 0.717) is 41.8 Å². The molecule has 0 radical (unpaired) electrons. The minimum absolute atomic E-state index is 0.0643. The molecule has 2 heterocycles. The maximum atomic E-state index is 12.3. The van der Waals surface area contributed by atoms with Crippen LogP contribution in [0.25, 0.3) is 5.65 Å². The van der Waals surface area contributed by atoms with Crippen molar-refractivity contribution in [3.63, 3.8) is 0 Å². The van der Waals surface area contributed by atoms with Crippen LogP contribution in [-0.4, -0.2) is 32.8 Å². The molecule has 0 aliphatic rings. The molecule has 0 fully saturated rings. The Labute approximate surface area is 190 Å². The van der Waals surface area contributed by atoms with Gasteiger partial charge < -0.3 is 15.4 Å². The lowest BCUT2D eigenvalue weighted by molar-refractivity contribution is -0.121. The largest absolute Gasteiger partial charge is 0.497 e. The fraction of sp³-hybridized carbons (Fsp3) is 0.217. The number of amides is 1. The Morgan fingerprint density at radius 2 is 1.84 bits per heavy atom. The highest BCUT2D eigenvalue weighted by molar-refractivity contribution is 6.31. The molecule has 0 saturated heterocycles. The Kier molecular flexibility index (Phi) is 6.81. The number of methoxy groups -OCH3 is 1. The topological polar surface area (TPSA) is 93.4 Å². The monoisotopic (exact) mass is 450 g/mol. The van der Waals surface area contributed by atoms with E-state index in [1.165, 1.54) is 0 Å². The van der Waals surface area contributed by atoms with Gasteiger partial charge in [0.2, 0.25) is 5.91 Å². The van der Waals surface area contributed by atoms with Crippen LogP contribution in [0, 0.1) is 0 Å². The van der Waals surface area contributed by atoms with Crippen LogP contribution in [-0.2, 0) is 24.3 Å². The highest BCUT2D eigenvalue weighted by Crippen LogP contribution is 2.17. The average molecular weight is 451 g/mol. The number of carbonyl (C=O) groups excluding carboxylic acids is 1. The summed E-state index contributed by atoms with van der Waals surface area (Å²) < 4.78 is 6.80. The molecule has 8 nitrogen and oxygen atoms in total. The van der Waals surface area contributed by atoms with Crippen molar-refractivity contribution in [1.29, 1.82) is 0 Å². The minimum atomic E-state index is -0.0643. The van der Waals surface area contributed by atoms with E-state index >= 15 is 0 Å². The van der Waals surface area contributed by atoms with Crippen LogP contribution < -0.4 is 15.4 Å². The Balaban J connectivity index is 1.33. The number of aromatic nitrogens is 4. The van der Waals surface area contributed by atoms with Crippen molar-refractivity contribution < 1.29 is 9.53 Å². The van der Waals surface area contributed by atoms with E-state index < -0.39 is 0 Å². The van der Waals surface area contributed by atoms with Crippen LogP contribution in [0.5, 0.6) is 5.75 Å². The first kappa shape index (κ1) is 21.6. The zero-order chi connectivity index (χ0) is 22.3. The number of benzene rings is 2. The number of carbonyl (C=O) groups is 1. The van der Waals surface area contributed by atoms with Crippen molar-refractivity contribution in [3.8, 4) is 5.75 Å². The summed E-state index contributed by atoms with van der Waals surface area (Å²) >= 11 is 6.21. The molecule has 4 aromatic rings. The van der Waals surface area contributed by atoms with Gasteiger partial charge in [-0.05, 0) is 41.5 Å². The fourth-order valence-electron chi connectivity index (χ4n) is 3.17. The van der Waals surface area contributed by atoms with E-state index in [1.807, 2.05) is 60.7 Å². The molecule has 4 rings (SSSR count). The second-order valence-electron chi connectivity index (χ2n) is 7.17. The van der Waals surface area contributed by atoms with Crippen LogP contribution in [0.2, 0.25) is 5.02 Å². The number of aryl methyl sites for hydroxylation is 1. The van der Waals surface area contributed by atoms with Crippen LogP contribution in [0.4, 0.5) is 5.82 Å². The SMILES string of the molecule is COc1ccc(CNC(=O)CCc2nnc3ccc(NCc4ccccc4Cl)nn23)cc1. The molecule has 32 heavy (non-hydrogen) atoms. The molecule has 0 saturated carbocycles. The van der Waals surface area contributed by atoms with Gasteiger partial charge in [0, 0.05) is 31.0 Å². The zero-order valence-electron chi connectivity index (χ0n) is 17.6. The van der Waals surface area contributed by atoms with Crippen molar-refractivity contribution >= 4 is 29.0 Å². The summed E-state index contributed by atoms with van der Waals surface area (Å²) in [6.07, 6.45) is 0.715. The second-order valence-corrected chi connectivity index (χ2v) is 7.58. The number of rotatable bonds is 9. The fourth-order valence-corrected chi connectivity index (χ4v) is 3.37.